The molecule has 1 unspecified atom stereocenters. The van der Waals surface area contributed by atoms with Gasteiger partial charge in [0.05, 0.1) is 5.92 Å². The van der Waals surface area contributed by atoms with Crippen LogP contribution in [0.15, 0.2) is 60.7 Å². The normalized spacial score (nSPS) is 20.9. The molecule has 0 aliphatic carbocycles. The Bertz CT molecular complexity index is 961. The first-order valence-corrected chi connectivity index (χ1v) is 10.9. The van der Waals surface area contributed by atoms with Crippen LogP contribution in [-0.2, 0) is 16.8 Å². The lowest BCUT2D eigenvalue weighted by Gasteiger charge is -2.44. The van der Waals surface area contributed by atoms with Gasteiger partial charge in [-0.3, -0.25) is 4.79 Å². The van der Waals surface area contributed by atoms with Crippen LogP contribution in [0.25, 0.3) is 0 Å². The summed E-state index contributed by atoms with van der Waals surface area (Å²) in [6.45, 7) is 2.28. The van der Waals surface area contributed by atoms with Crippen molar-refractivity contribution < 1.29 is 4.79 Å². The first-order valence-electron chi connectivity index (χ1n) is 10.9. The number of carbonyl (C=O) groups is 1. The van der Waals surface area contributed by atoms with Gasteiger partial charge in [-0.1, -0.05) is 67.1 Å². The number of aryl methyl sites for hydroxylation is 1. The molecule has 6 heteroatoms. The zero-order chi connectivity index (χ0) is 20.4. The molecular weight excluding hydrogens is 374 g/mol. The molecule has 1 aromatic heterocycles. The van der Waals surface area contributed by atoms with E-state index in [0.29, 0.717) is 6.54 Å². The Hall–Kier alpha value is -3.02. The van der Waals surface area contributed by atoms with Crippen LogP contribution in [0.3, 0.4) is 0 Å². The Morgan fingerprint density at radius 3 is 2.30 bits per heavy atom. The van der Waals surface area contributed by atoms with E-state index in [1.54, 1.807) is 0 Å². The predicted octanol–water partition coefficient (Wildman–Crippen LogP) is 3.55. The number of hydrogen-bond donors (Lipinski definition) is 0. The van der Waals surface area contributed by atoms with E-state index < -0.39 is 0 Å². The summed E-state index contributed by atoms with van der Waals surface area (Å²) in [4.78, 5) is 15.8. The van der Waals surface area contributed by atoms with Gasteiger partial charge in [0.15, 0.2) is 5.82 Å². The van der Waals surface area contributed by atoms with Gasteiger partial charge in [0, 0.05) is 25.0 Å². The molecule has 2 aliphatic heterocycles. The molecule has 0 spiro atoms. The molecule has 1 amide bonds. The second-order valence-electron chi connectivity index (χ2n) is 8.49. The standard InChI is InChI=1S/C24H27N5O/c30-23(21-14-7-8-17-29-22(21)25-26-27-29)28-16-9-15-24(18-28,19-10-3-1-4-11-19)20-12-5-2-6-13-20/h1-6,10-13,21H,7-9,14-18H2. The van der Waals surface area contributed by atoms with E-state index >= 15 is 0 Å². The topological polar surface area (TPSA) is 63.9 Å². The molecule has 0 bridgehead atoms. The summed E-state index contributed by atoms with van der Waals surface area (Å²) in [6, 6.07) is 21.3. The number of aromatic nitrogens is 4. The van der Waals surface area contributed by atoms with Gasteiger partial charge in [-0.25, -0.2) is 4.68 Å². The second-order valence-corrected chi connectivity index (χ2v) is 8.49. The smallest absolute Gasteiger partial charge is 0.233 e. The lowest BCUT2D eigenvalue weighted by atomic mass is 9.69. The summed E-state index contributed by atoms with van der Waals surface area (Å²) in [6.07, 6.45) is 4.86. The van der Waals surface area contributed by atoms with Crippen molar-refractivity contribution in [2.24, 2.45) is 0 Å². The molecule has 30 heavy (non-hydrogen) atoms. The number of piperidine rings is 1. The van der Waals surface area contributed by atoms with E-state index in [-0.39, 0.29) is 17.2 Å². The fourth-order valence-electron chi connectivity index (χ4n) is 5.21. The van der Waals surface area contributed by atoms with Crippen molar-refractivity contribution in [3.8, 4) is 0 Å². The van der Waals surface area contributed by atoms with Gasteiger partial charge >= 0.3 is 0 Å². The number of tetrazole rings is 1. The van der Waals surface area contributed by atoms with Crippen molar-refractivity contribution in [2.45, 2.75) is 50.0 Å². The Morgan fingerprint density at radius 2 is 1.60 bits per heavy atom. The number of carbonyl (C=O) groups excluding carboxylic acids is 1. The number of rotatable bonds is 3. The third-order valence-electron chi connectivity index (χ3n) is 6.74. The molecule has 2 aliphatic rings. The predicted molar refractivity (Wildman–Crippen MR) is 114 cm³/mol. The first kappa shape index (κ1) is 19.0. The van der Waals surface area contributed by atoms with Crippen LogP contribution in [0.5, 0.6) is 0 Å². The third kappa shape index (κ3) is 3.30. The van der Waals surface area contributed by atoms with Crippen molar-refractivity contribution in [1.82, 2.24) is 25.1 Å². The van der Waals surface area contributed by atoms with Crippen LogP contribution < -0.4 is 0 Å². The molecule has 1 atom stereocenters. The average molecular weight is 402 g/mol. The quantitative estimate of drug-likeness (QED) is 0.673. The average Bonchev–Trinajstić information content (AvgIpc) is 3.19. The molecule has 0 N–H and O–H groups in total. The summed E-state index contributed by atoms with van der Waals surface area (Å²) in [7, 11) is 0. The maximum atomic E-state index is 13.7. The Kier molecular flexibility index (Phi) is 5.07. The van der Waals surface area contributed by atoms with Crippen LogP contribution in [-0.4, -0.2) is 44.1 Å². The van der Waals surface area contributed by atoms with E-state index in [2.05, 4.69) is 81.1 Å². The molecule has 2 aromatic carbocycles. The summed E-state index contributed by atoms with van der Waals surface area (Å²) in [5.41, 5.74) is 2.37. The van der Waals surface area contributed by atoms with Crippen molar-refractivity contribution in [2.75, 3.05) is 13.1 Å². The Labute approximate surface area is 176 Å². The molecular formula is C24H27N5O. The minimum absolute atomic E-state index is 0.170. The highest BCUT2D eigenvalue weighted by atomic mass is 16.2. The van der Waals surface area contributed by atoms with E-state index in [4.69, 9.17) is 0 Å². The fourth-order valence-corrected chi connectivity index (χ4v) is 5.21. The number of benzene rings is 2. The number of amides is 1. The molecule has 1 fully saturated rings. The monoisotopic (exact) mass is 401 g/mol. The summed E-state index contributed by atoms with van der Waals surface area (Å²) in [5.74, 6) is 0.654. The second kappa shape index (κ2) is 8.01. The third-order valence-corrected chi connectivity index (χ3v) is 6.74. The van der Waals surface area contributed by atoms with E-state index in [1.807, 2.05) is 4.68 Å². The minimum Gasteiger partial charge on any atom is -0.341 e. The fraction of sp³-hybridized carbons (Fsp3) is 0.417. The van der Waals surface area contributed by atoms with Crippen LogP contribution in [0, 0.1) is 0 Å². The number of likely N-dealkylation sites (tertiary alicyclic amines) is 1. The van der Waals surface area contributed by atoms with E-state index in [9.17, 15) is 4.79 Å². The van der Waals surface area contributed by atoms with Gasteiger partial charge in [0.2, 0.25) is 5.91 Å². The zero-order valence-electron chi connectivity index (χ0n) is 17.2. The van der Waals surface area contributed by atoms with Crippen LogP contribution in [0.2, 0.25) is 0 Å². The number of nitrogens with zero attached hydrogens (tertiary/aromatic N) is 5. The molecule has 6 nitrogen and oxygen atoms in total. The molecule has 3 aromatic rings. The van der Waals surface area contributed by atoms with E-state index in [0.717, 1.165) is 51.0 Å². The van der Waals surface area contributed by atoms with E-state index in [1.165, 1.54) is 11.1 Å². The maximum Gasteiger partial charge on any atom is 0.233 e. The number of hydrogen-bond acceptors (Lipinski definition) is 4. The Morgan fingerprint density at radius 1 is 0.900 bits per heavy atom. The van der Waals surface area contributed by atoms with Crippen LogP contribution in [0.1, 0.15) is 55.0 Å². The lowest BCUT2D eigenvalue weighted by Crippen LogP contribution is -2.50. The minimum atomic E-state index is -0.246. The van der Waals surface area contributed by atoms with Crippen molar-refractivity contribution >= 4 is 5.91 Å². The summed E-state index contributed by atoms with van der Waals surface area (Å²) in [5, 5.41) is 12.2. The van der Waals surface area contributed by atoms with Gasteiger partial charge in [-0.05, 0) is 47.2 Å². The SMILES string of the molecule is O=C(C1CCCCn2nnnc21)N1CCCC(c2ccccc2)(c2ccccc2)C1. The molecule has 154 valence electrons. The van der Waals surface area contributed by atoms with Gasteiger partial charge in [-0.15, -0.1) is 5.10 Å². The maximum absolute atomic E-state index is 13.7. The molecule has 0 saturated carbocycles. The van der Waals surface area contributed by atoms with Crippen LogP contribution in [0.4, 0.5) is 0 Å². The largest absolute Gasteiger partial charge is 0.341 e. The molecule has 5 rings (SSSR count). The van der Waals surface area contributed by atoms with Crippen molar-refractivity contribution in [1.29, 1.82) is 0 Å². The highest BCUT2D eigenvalue weighted by Crippen LogP contribution is 2.41. The zero-order valence-corrected chi connectivity index (χ0v) is 17.2. The summed E-state index contributed by atoms with van der Waals surface area (Å²) >= 11 is 0. The van der Waals surface area contributed by atoms with Gasteiger partial charge in [0.25, 0.3) is 0 Å². The van der Waals surface area contributed by atoms with Gasteiger partial charge in [-0.2, -0.15) is 0 Å². The lowest BCUT2D eigenvalue weighted by molar-refractivity contribution is -0.135. The molecule has 0 radical (unpaired) electrons. The van der Waals surface area contributed by atoms with Crippen molar-refractivity contribution in [3.05, 3.63) is 77.6 Å². The molecule has 3 heterocycles. The first-order chi connectivity index (χ1) is 14.8. The molecule has 1 saturated heterocycles. The van der Waals surface area contributed by atoms with Crippen molar-refractivity contribution in [3.63, 3.8) is 0 Å². The summed E-state index contributed by atoms with van der Waals surface area (Å²) < 4.78 is 1.82. The van der Waals surface area contributed by atoms with Gasteiger partial charge < -0.3 is 4.90 Å². The van der Waals surface area contributed by atoms with Crippen LogP contribution >= 0.6 is 0 Å². The van der Waals surface area contributed by atoms with Gasteiger partial charge in [0.1, 0.15) is 0 Å². The Balaban J connectivity index is 1.50. The highest BCUT2D eigenvalue weighted by molar-refractivity contribution is 5.83. The number of fused-ring (bicyclic) bond motifs is 1. The highest BCUT2D eigenvalue weighted by Gasteiger charge is 2.42.